The molecule has 1 aliphatic heterocycles. The summed E-state index contributed by atoms with van der Waals surface area (Å²) in [6, 6.07) is 0. The molecule has 1 atom stereocenters. The van der Waals surface area contributed by atoms with Crippen LogP contribution in [0.3, 0.4) is 0 Å². The minimum absolute atomic E-state index is 0. The van der Waals surface area contributed by atoms with Gasteiger partial charge in [-0.15, -0.1) is 24.0 Å². The Morgan fingerprint density at radius 2 is 2.13 bits per heavy atom. The summed E-state index contributed by atoms with van der Waals surface area (Å²) in [5.74, 6) is 0.605. The van der Waals surface area contributed by atoms with E-state index in [0.29, 0.717) is 25.5 Å². The first-order valence-electron chi connectivity index (χ1n) is 7.94. The van der Waals surface area contributed by atoms with Crippen LogP contribution < -0.4 is 10.6 Å². The number of guanidine groups is 1. The van der Waals surface area contributed by atoms with Gasteiger partial charge in [0, 0.05) is 45.8 Å². The number of hydrogen-bond donors (Lipinski definition) is 3. The number of nitrogens with one attached hydrogen (secondary N) is 2. The van der Waals surface area contributed by atoms with Crippen LogP contribution in [0.15, 0.2) is 4.99 Å². The number of ether oxygens (including phenoxy) is 1. The Bertz CT molecular complexity index is 372. The molecule has 0 aromatic heterocycles. The lowest BCUT2D eigenvalue weighted by Crippen LogP contribution is -2.45. The number of aliphatic hydroxyl groups excluding tert-OH is 1. The first-order chi connectivity index (χ1) is 10.5. The molecule has 1 heterocycles. The van der Waals surface area contributed by atoms with Crippen molar-refractivity contribution < 1.29 is 14.6 Å². The van der Waals surface area contributed by atoms with Crippen molar-refractivity contribution in [2.24, 2.45) is 10.4 Å². The van der Waals surface area contributed by atoms with Crippen LogP contribution in [-0.2, 0) is 9.53 Å². The average Bonchev–Trinajstić information content (AvgIpc) is 2.95. The van der Waals surface area contributed by atoms with Crippen molar-refractivity contribution in [1.29, 1.82) is 0 Å². The molecule has 7 nitrogen and oxygen atoms in total. The van der Waals surface area contributed by atoms with Crippen LogP contribution in [-0.4, -0.2) is 75.4 Å². The highest BCUT2D eigenvalue weighted by molar-refractivity contribution is 14.0. The van der Waals surface area contributed by atoms with E-state index in [1.807, 2.05) is 0 Å². The molecule has 1 aliphatic rings. The molecule has 0 aromatic rings. The van der Waals surface area contributed by atoms with Gasteiger partial charge in [0.15, 0.2) is 5.96 Å². The Labute approximate surface area is 156 Å². The number of aliphatic hydroxyl groups is 1. The maximum Gasteiger partial charge on any atom is 0.243 e. The molecule has 0 aliphatic carbocycles. The fourth-order valence-electron chi connectivity index (χ4n) is 2.29. The Morgan fingerprint density at radius 3 is 2.65 bits per heavy atom. The smallest absolute Gasteiger partial charge is 0.243 e. The second kappa shape index (κ2) is 11.9. The van der Waals surface area contributed by atoms with Gasteiger partial charge in [-0.3, -0.25) is 4.79 Å². The number of carbonyl (C=O) groups excluding carboxylic acids is 1. The zero-order valence-corrected chi connectivity index (χ0v) is 16.8. The van der Waals surface area contributed by atoms with Crippen molar-refractivity contribution in [1.82, 2.24) is 15.5 Å². The van der Waals surface area contributed by atoms with E-state index in [4.69, 9.17) is 4.74 Å². The van der Waals surface area contributed by atoms with Gasteiger partial charge in [0.05, 0.1) is 6.61 Å². The summed E-state index contributed by atoms with van der Waals surface area (Å²) in [5, 5.41) is 15.8. The predicted molar refractivity (Wildman–Crippen MR) is 102 cm³/mol. The summed E-state index contributed by atoms with van der Waals surface area (Å²) in [4.78, 5) is 17.5. The predicted octanol–water partition coefficient (Wildman–Crippen LogP) is 0.427. The fourth-order valence-corrected chi connectivity index (χ4v) is 2.29. The van der Waals surface area contributed by atoms with E-state index in [1.165, 1.54) is 4.90 Å². The second-order valence-electron chi connectivity index (χ2n) is 6.01. The van der Waals surface area contributed by atoms with E-state index < -0.39 is 0 Å². The van der Waals surface area contributed by atoms with Crippen LogP contribution in [0.1, 0.15) is 26.2 Å². The molecule has 1 fully saturated rings. The minimum Gasteiger partial charge on any atom is -0.396 e. The van der Waals surface area contributed by atoms with Crippen LogP contribution >= 0.6 is 24.0 Å². The van der Waals surface area contributed by atoms with Gasteiger partial charge in [0.1, 0.15) is 6.54 Å². The van der Waals surface area contributed by atoms with Crippen molar-refractivity contribution in [2.45, 2.75) is 26.2 Å². The van der Waals surface area contributed by atoms with E-state index in [0.717, 1.165) is 26.0 Å². The summed E-state index contributed by atoms with van der Waals surface area (Å²) in [5.41, 5.74) is -0.0467. The molecule has 1 amide bonds. The lowest BCUT2D eigenvalue weighted by atomic mass is 9.84. The van der Waals surface area contributed by atoms with Crippen molar-refractivity contribution >= 4 is 35.8 Å². The van der Waals surface area contributed by atoms with Crippen molar-refractivity contribution in [2.75, 3.05) is 53.6 Å². The van der Waals surface area contributed by atoms with Crippen molar-refractivity contribution in [3.05, 3.63) is 0 Å². The summed E-state index contributed by atoms with van der Waals surface area (Å²) in [6.45, 7) is 5.21. The van der Waals surface area contributed by atoms with E-state index >= 15 is 0 Å². The van der Waals surface area contributed by atoms with Gasteiger partial charge in [-0.05, 0) is 19.3 Å². The van der Waals surface area contributed by atoms with Crippen LogP contribution in [0.5, 0.6) is 0 Å². The fraction of sp³-hybridized carbons (Fsp3) is 0.867. The quantitative estimate of drug-likeness (QED) is 0.288. The monoisotopic (exact) mass is 442 g/mol. The molecule has 0 radical (unpaired) electrons. The lowest BCUT2D eigenvalue weighted by molar-refractivity contribution is -0.127. The molecule has 1 unspecified atom stereocenters. The number of amides is 1. The minimum atomic E-state index is -0.0467. The Balaban J connectivity index is 0.00000484. The number of rotatable bonds is 8. The lowest BCUT2D eigenvalue weighted by Gasteiger charge is -2.27. The van der Waals surface area contributed by atoms with Gasteiger partial charge in [-0.1, -0.05) is 6.92 Å². The van der Waals surface area contributed by atoms with E-state index in [9.17, 15) is 9.90 Å². The molecule has 0 bridgehead atoms. The molecule has 136 valence electrons. The van der Waals surface area contributed by atoms with Crippen LogP contribution in [0.25, 0.3) is 0 Å². The second-order valence-corrected chi connectivity index (χ2v) is 6.01. The Hall–Kier alpha value is -0.610. The molecular weight excluding hydrogens is 411 g/mol. The Kier molecular flexibility index (Phi) is 11.5. The molecule has 3 N–H and O–H groups in total. The number of nitrogens with zero attached hydrogens (tertiary/aromatic N) is 2. The largest absolute Gasteiger partial charge is 0.396 e. The number of carbonyl (C=O) groups is 1. The molecule has 0 saturated carbocycles. The molecular formula is C15H31IN4O3. The zero-order chi connectivity index (χ0) is 16.4. The highest BCUT2D eigenvalue weighted by atomic mass is 127. The van der Waals surface area contributed by atoms with Gasteiger partial charge < -0.3 is 25.4 Å². The van der Waals surface area contributed by atoms with Crippen LogP contribution in [0.2, 0.25) is 0 Å². The number of likely N-dealkylation sites (N-methyl/N-ethyl adjacent to an activating group) is 1. The topological polar surface area (TPSA) is 86.2 Å². The van der Waals surface area contributed by atoms with Crippen LogP contribution in [0, 0.1) is 5.41 Å². The van der Waals surface area contributed by atoms with Gasteiger partial charge in [0.25, 0.3) is 0 Å². The molecule has 23 heavy (non-hydrogen) atoms. The summed E-state index contributed by atoms with van der Waals surface area (Å²) < 4.78 is 5.48. The molecule has 1 rings (SSSR count). The van der Waals surface area contributed by atoms with Gasteiger partial charge >= 0.3 is 0 Å². The van der Waals surface area contributed by atoms with Crippen molar-refractivity contribution in [3.63, 3.8) is 0 Å². The number of halogens is 1. The average molecular weight is 442 g/mol. The first kappa shape index (κ1) is 22.4. The van der Waals surface area contributed by atoms with Crippen LogP contribution in [0.4, 0.5) is 0 Å². The summed E-state index contributed by atoms with van der Waals surface area (Å²) >= 11 is 0. The van der Waals surface area contributed by atoms with E-state index in [-0.39, 0.29) is 48.5 Å². The standard InChI is InChI=1S/C15H30N4O3.HI/c1-4-7-16-14(17-10-13(21)19(2)3)18-11-15(5-8-20)6-9-22-12-15;/h20H,4-12H2,1-3H3,(H2,16,17,18);1H. The van der Waals surface area contributed by atoms with Gasteiger partial charge in [-0.2, -0.15) is 0 Å². The molecule has 1 saturated heterocycles. The molecule has 0 spiro atoms. The maximum atomic E-state index is 11.7. The maximum absolute atomic E-state index is 11.7. The van der Waals surface area contributed by atoms with E-state index in [1.54, 1.807) is 14.1 Å². The highest BCUT2D eigenvalue weighted by Crippen LogP contribution is 2.31. The normalized spacial score (nSPS) is 20.8. The number of hydrogen-bond acceptors (Lipinski definition) is 4. The third-order valence-electron chi connectivity index (χ3n) is 3.87. The SMILES string of the molecule is CCCNC(=NCC(=O)N(C)C)NCC1(CCO)CCOC1.I. The third kappa shape index (κ3) is 8.16. The molecule has 0 aromatic carbocycles. The molecule has 8 heteroatoms. The summed E-state index contributed by atoms with van der Waals surface area (Å²) in [6.07, 6.45) is 2.61. The number of aliphatic imine (C=N–C) groups is 1. The first-order valence-corrected chi connectivity index (χ1v) is 7.94. The highest BCUT2D eigenvalue weighted by Gasteiger charge is 2.34. The van der Waals surface area contributed by atoms with Gasteiger partial charge in [0.2, 0.25) is 5.91 Å². The van der Waals surface area contributed by atoms with Gasteiger partial charge in [-0.25, -0.2) is 4.99 Å². The third-order valence-corrected chi connectivity index (χ3v) is 3.87. The van der Waals surface area contributed by atoms with E-state index in [2.05, 4.69) is 22.5 Å². The zero-order valence-electron chi connectivity index (χ0n) is 14.4. The summed E-state index contributed by atoms with van der Waals surface area (Å²) in [7, 11) is 3.44. The van der Waals surface area contributed by atoms with Crippen molar-refractivity contribution in [3.8, 4) is 0 Å². The Morgan fingerprint density at radius 1 is 1.39 bits per heavy atom.